The van der Waals surface area contributed by atoms with Gasteiger partial charge < -0.3 is 10.5 Å². The number of nitrogens with two attached hydrogens (primary N) is 1. The second kappa shape index (κ2) is 7.02. The lowest BCUT2D eigenvalue weighted by molar-refractivity contribution is -0.120. The summed E-state index contributed by atoms with van der Waals surface area (Å²) in [4.78, 5) is 10.8. The molecule has 0 saturated heterocycles. The van der Waals surface area contributed by atoms with E-state index in [9.17, 15) is 4.79 Å². The topological polar surface area (TPSA) is 83.0 Å². The maximum atomic E-state index is 10.8. The number of primary amides is 1. The fourth-order valence-corrected chi connectivity index (χ4v) is 1.94. The number of carbonyl (C=O) groups is 1. The molecule has 1 aromatic heterocycles. The molecule has 0 bridgehead atoms. The van der Waals surface area contributed by atoms with Crippen LogP contribution in [0.5, 0.6) is 0 Å². The van der Waals surface area contributed by atoms with Gasteiger partial charge in [-0.15, -0.1) is 5.10 Å². The average molecular weight is 296 g/mol. The van der Waals surface area contributed by atoms with Gasteiger partial charge in [0.25, 0.3) is 0 Å². The van der Waals surface area contributed by atoms with Crippen LogP contribution in [-0.4, -0.2) is 33.1 Å². The summed E-state index contributed by atoms with van der Waals surface area (Å²) in [6.07, 6.45) is 4.66. The zero-order valence-corrected chi connectivity index (χ0v) is 13.8. The van der Waals surface area contributed by atoms with Gasteiger partial charge >= 0.3 is 0 Å². The number of hydrogen-bond donors (Lipinski definition) is 1. The van der Waals surface area contributed by atoms with E-state index >= 15 is 0 Å². The van der Waals surface area contributed by atoms with E-state index in [2.05, 4.69) is 31.1 Å². The van der Waals surface area contributed by atoms with Crippen molar-refractivity contribution in [1.82, 2.24) is 15.0 Å². The van der Waals surface area contributed by atoms with E-state index in [1.807, 2.05) is 24.7 Å². The molecule has 0 unspecified atom stereocenters. The van der Waals surface area contributed by atoms with E-state index in [1.54, 1.807) is 0 Å². The first-order chi connectivity index (χ1) is 9.66. The van der Waals surface area contributed by atoms with Crippen molar-refractivity contribution >= 4 is 5.91 Å². The third-order valence-electron chi connectivity index (χ3n) is 3.70. The van der Waals surface area contributed by atoms with Gasteiger partial charge in [-0.3, -0.25) is 4.79 Å². The van der Waals surface area contributed by atoms with E-state index in [0.717, 1.165) is 18.5 Å². The summed E-state index contributed by atoms with van der Waals surface area (Å²) in [5, 5.41) is 8.31. The van der Waals surface area contributed by atoms with E-state index in [0.29, 0.717) is 19.4 Å². The van der Waals surface area contributed by atoms with Crippen LogP contribution >= 0.6 is 0 Å². The van der Waals surface area contributed by atoms with Gasteiger partial charge in [-0.25, -0.2) is 4.68 Å². The van der Waals surface area contributed by atoms with Crippen LogP contribution in [0, 0.1) is 0 Å². The quantitative estimate of drug-likeness (QED) is 0.755. The van der Waals surface area contributed by atoms with E-state index in [-0.39, 0.29) is 17.0 Å². The fraction of sp³-hybridized carbons (Fsp3) is 0.800. The third-order valence-corrected chi connectivity index (χ3v) is 3.70. The van der Waals surface area contributed by atoms with Crippen LogP contribution in [0.4, 0.5) is 0 Å². The summed E-state index contributed by atoms with van der Waals surface area (Å²) in [5.74, 6) is -0.290. The third kappa shape index (κ3) is 5.83. The SMILES string of the molecule is CCc1cn(C(C)(C)CCOC(C)(C)CCC(N)=O)nn1. The molecule has 0 aromatic carbocycles. The van der Waals surface area contributed by atoms with Gasteiger partial charge in [-0.1, -0.05) is 12.1 Å². The lowest BCUT2D eigenvalue weighted by atomic mass is 10.00. The number of ether oxygens (including phenoxy) is 1. The van der Waals surface area contributed by atoms with Crippen molar-refractivity contribution < 1.29 is 9.53 Å². The van der Waals surface area contributed by atoms with Crippen molar-refractivity contribution in [2.45, 2.75) is 71.4 Å². The Bertz CT molecular complexity index is 466. The Kier molecular flexibility index (Phi) is 5.89. The Morgan fingerprint density at radius 1 is 1.33 bits per heavy atom. The van der Waals surface area contributed by atoms with Crippen LogP contribution in [0.25, 0.3) is 0 Å². The summed E-state index contributed by atoms with van der Waals surface area (Å²) in [6, 6.07) is 0. The molecule has 21 heavy (non-hydrogen) atoms. The van der Waals surface area contributed by atoms with Crippen LogP contribution in [0.15, 0.2) is 6.20 Å². The first kappa shape index (κ1) is 17.6. The van der Waals surface area contributed by atoms with E-state index in [1.165, 1.54) is 0 Å². The molecule has 0 spiro atoms. The molecule has 1 rings (SSSR count). The summed E-state index contributed by atoms with van der Waals surface area (Å²) in [5.41, 5.74) is 5.67. The Labute approximate surface area is 127 Å². The minimum absolute atomic E-state index is 0.153. The highest BCUT2D eigenvalue weighted by Gasteiger charge is 2.25. The van der Waals surface area contributed by atoms with Crippen LogP contribution in [0.1, 0.15) is 59.6 Å². The van der Waals surface area contributed by atoms with Gasteiger partial charge in [0.15, 0.2) is 0 Å². The zero-order chi connectivity index (χ0) is 16.1. The number of aromatic nitrogens is 3. The smallest absolute Gasteiger partial charge is 0.217 e. The van der Waals surface area contributed by atoms with Crippen LogP contribution in [0.2, 0.25) is 0 Å². The molecule has 1 heterocycles. The normalized spacial score (nSPS) is 12.6. The van der Waals surface area contributed by atoms with Gasteiger partial charge in [-0.2, -0.15) is 0 Å². The monoisotopic (exact) mass is 296 g/mol. The molecule has 0 atom stereocenters. The van der Waals surface area contributed by atoms with Crippen LogP contribution in [0.3, 0.4) is 0 Å². The molecule has 1 aromatic rings. The van der Waals surface area contributed by atoms with Crippen molar-refractivity contribution in [2.75, 3.05) is 6.61 Å². The van der Waals surface area contributed by atoms with Crippen molar-refractivity contribution in [1.29, 1.82) is 0 Å². The Morgan fingerprint density at radius 2 is 2.00 bits per heavy atom. The molecular weight excluding hydrogens is 268 g/mol. The summed E-state index contributed by atoms with van der Waals surface area (Å²) in [6.45, 7) is 10.8. The van der Waals surface area contributed by atoms with Crippen molar-refractivity contribution in [3.63, 3.8) is 0 Å². The zero-order valence-electron chi connectivity index (χ0n) is 13.8. The first-order valence-electron chi connectivity index (χ1n) is 7.50. The predicted octanol–water partition coefficient (Wildman–Crippen LogP) is 2.03. The Balaban J connectivity index is 2.47. The van der Waals surface area contributed by atoms with Crippen molar-refractivity contribution in [3.05, 3.63) is 11.9 Å². The molecule has 6 heteroatoms. The molecular formula is C15H28N4O2. The molecule has 6 nitrogen and oxygen atoms in total. The maximum absolute atomic E-state index is 10.8. The van der Waals surface area contributed by atoms with Crippen LogP contribution in [-0.2, 0) is 21.5 Å². The number of carbonyl (C=O) groups excluding carboxylic acids is 1. The predicted molar refractivity (Wildman–Crippen MR) is 81.8 cm³/mol. The molecule has 0 radical (unpaired) electrons. The Hall–Kier alpha value is -1.43. The van der Waals surface area contributed by atoms with Crippen LogP contribution < -0.4 is 5.73 Å². The highest BCUT2D eigenvalue weighted by Crippen LogP contribution is 2.22. The fourth-order valence-electron chi connectivity index (χ4n) is 1.94. The second-order valence-electron chi connectivity index (χ2n) is 6.64. The van der Waals surface area contributed by atoms with Gasteiger partial charge in [0.2, 0.25) is 5.91 Å². The molecule has 1 amide bonds. The number of rotatable bonds is 9. The Morgan fingerprint density at radius 3 is 2.52 bits per heavy atom. The van der Waals surface area contributed by atoms with Gasteiger partial charge in [0.1, 0.15) is 0 Å². The molecule has 0 fully saturated rings. The number of amides is 1. The van der Waals surface area contributed by atoms with E-state index in [4.69, 9.17) is 10.5 Å². The lowest BCUT2D eigenvalue weighted by Crippen LogP contribution is -2.32. The standard InChI is InChI=1S/C15H28N4O2/c1-6-12-11-19(18-17-12)14(2,3)9-10-21-15(4,5)8-7-13(16)20/h11H,6-10H2,1-5H3,(H2,16,20). The minimum Gasteiger partial charge on any atom is -0.375 e. The second-order valence-corrected chi connectivity index (χ2v) is 6.64. The summed E-state index contributed by atoms with van der Waals surface area (Å²) < 4.78 is 7.80. The molecule has 0 aliphatic carbocycles. The summed E-state index contributed by atoms with van der Waals surface area (Å²) in [7, 11) is 0. The molecule has 120 valence electrons. The van der Waals surface area contributed by atoms with E-state index < -0.39 is 0 Å². The molecule has 0 aliphatic heterocycles. The highest BCUT2D eigenvalue weighted by atomic mass is 16.5. The summed E-state index contributed by atoms with van der Waals surface area (Å²) >= 11 is 0. The van der Waals surface area contributed by atoms with Crippen molar-refractivity contribution in [2.24, 2.45) is 5.73 Å². The number of nitrogens with zero attached hydrogens (tertiary/aromatic N) is 3. The molecule has 0 saturated carbocycles. The molecule has 2 N–H and O–H groups in total. The lowest BCUT2D eigenvalue weighted by Gasteiger charge is -2.29. The minimum atomic E-state index is -0.345. The van der Waals surface area contributed by atoms with Crippen molar-refractivity contribution in [3.8, 4) is 0 Å². The average Bonchev–Trinajstić information content (AvgIpc) is 2.85. The van der Waals surface area contributed by atoms with Gasteiger partial charge in [0, 0.05) is 19.2 Å². The van der Waals surface area contributed by atoms with Gasteiger partial charge in [-0.05, 0) is 47.0 Å². The maximum Gasteiger partial charge on any atom is 0.217 e. The number of hydrogen-bond acceptors (Lipinski definition) is 4. The molecule has 0 aliphatic rings. The largest absolute Gasteiger partial charge is 0.375 e. The van der Waals surface area contributed by atoms with Gasteiger partial charge in [0.05, 0.1) is 16.8 Å². The first-order valence-corrected chi connectivity index (χ1v) is 7.50. The number of aryl methyl sites for hydroxylation is 1. The highest BCUT2D eigenvalue weighted by molar-refractivity contribution is 5.73.